The first-order chi connectivity index (χ1) is 18.8. The van der Waals surface area contributed by atoms with E-state index in [1.165, 1.54) is 0 Å². The van der Waals surface area contributed by atoms with E-state index in [0.29, 0.717) is 30.1 Å². The summed E-state index contributed by atoms with van der Waals surface area (Å²) in [6.45, 7) is 5.46. The zero-order valence-electron chi connectivity index (χ0n) is 22.4. The van der Waals surface area contributed by atoms with Crippen molar-refractivity contribution in [3.63, 3.8) is 0 Å². The van der Waals surface area contributed by atoms with E-state index in [1.54, 1.807) is 22.6 Å². The summed E-state index contributed by atoms with van der Waals surface area (Å²) in [5.74, 6) is 4.61. The molecule has 9 nitrogen and oxygen atoms in total. The molecule has 1 aliphatic heterocycles. The quantitative estimate of drug-likeness (QED) is 0.384. The minimum atomic E-state index is -0.792. The topological polar surface area (TPSA) is 101 Å². The second-order valence-electron chi connectivity index (χ2n) is 10.2. The lowest BCUT2D eigenvalue weighted by atomic mass is 9.87. The highest BCUT2D eigenvalue weighted by Crippen LogP contribution is 2.40. The molecule has 2 fully saturated rings. The number of pyridine rings is 1. The molecule has 3 aromatic rings. The predicted molar refractivity (Wildman–Crippen MR) is 153 cm³/mol. The number of halogens is 1. The van der Waals surface area contributed by atoms with E-state index >= 15 is 0 Å². The van der Waals surface area contributed by atoms with Gasteiger partial charge in [-0.2, -0.15) is 0 Å². The van der Waals surface area contributed by atoms with Crippen molar-refractivity contribution >= 4 is 56.0 Å². The number of aromatic nitrogens is 3. The fourth-order valence-electron chi connectivity index (χ4n) is 5.48. The molecule has 2 atom stereocenters. The van der Waals surface area contributed by atoms with Crippen LogP contribution < -0.4 is 14.5 Å². The summed E-state index contributed by atoms with van der Waals surface area (Å²) in [4.78, 5) is 33.8. The monoisotopic (exact) mass is 593 g/mol. The van der Waals surface area contributed by atoms with E-state index in [0.717, 1.165) is 65.7 Å². The highest BCUT2D eigenvalue weighted by Gasteiger charge is 2.30. The average molecular weight is 595 g/mol. The number of rotatable bonds is 6. The van der Waals surface area contributed by atoms with Crippen molar-refractivity contribution in [2.24, 2.45) is 13.0 Å². The van der Waals surface area contributed by atoms with Crippen molar-refractivity contribution in [3.8, 4) is 17.7 Å². The molecule has 204 valence electrons. The number of hydrogen-bond acceptors (Lipinski definition) is 6. The van der Waals surface area contributed by atoms with Crippen LogP contribution in [0.25, 0.3) is 11.0 Å². The molecule has 1 N–H and O–H groups in total. The first-order valence-corrected chi connectivity index (χ1v) is 14.1. The van der Waals surface area contributed by atoms with Gasteiger partial charge in [0.15, 0.2) is 5.52 Å². The number of carbonyl (C=O) groups excluding carboxylic acids is 1. The van der Waals surface area contributed by atoms with Crippen LogP contribution in [0.3, 0.4) is 0 Å². The molecule has 1 amide bonds. The van der Waals surface area contributed by atoms with Crippen LogP contribution in [0.2, 0.25) is 0 Å². The number of amides is 1. The Morgan fingerprint density at radius 3 is 2.67 bits per heavy atom. The average Bonchev–Trinajstić information content (AvgIpc) is 3.55. The van der Waals surface area contributed by atoms with Gasteiger partial charge in [-0.25, -0.2) is 4.98 Å². The highest BCUT2D eigenvalue weighted by molar-refractivity contribution is 9.10. The minimum Gasteiger partial charge on any atom is -0.481 e. The number of hydrogen-bond donors (Lipinski definition) is 1. The predicted octanol–water partition coefficient (Wildman–Crippen LogP) is 5.35. The Hall–Kier alpha value is -3.58. The lowest BCUT2D eigenvalue weighted by Gasteiger charge is -2.28. The largest absolute Gasteiger partial charge is 0.481 e. The van der Waals surface area contributed by atoms with Crippen molar-refractivity contribution in [2.45, 2.75) is 58.5 Å². The molecule has 10 heteroatoms. The van der Waals surface area contributed by atoms with Gasteiger partial charge < -0.3 is 14.7 Å². The van der Waals surface area contributed by atoms with Gasteiger partial charge in [0, 0.05) is 24.6 Å². The molecular weight excluding hydrogens is 562 g/mol. The van der Waals surface area contributed by atoms with Crippen LogP contribution >= 0.6 is 15.9 Å². The van der Waals surface area contributed by atoms with Gasteiger partial charge in [-0.05, 0) is 88.1 Å². The Morgan fingerprint density at radius 1 is 1.18 bits per heavy atom. The number of fused-ring (bicyclic) bond motifs is 1. The van der Waals surface area contributed by atoms with Crippen LogP contribution in [-0.4, -0.2) is 50.9 Å². The van der Waals surface area contributed by atoms with Gasteiger partial charge in [-0.15, -0.1) is 5.10 Å². The third-order valence-corrected chi connectivity index (χ3v) is 8.37. The number of carboxylic acids is 1. The summed E-state index contributed by atoms with van der Waals surface area (Å²) in [7, 11) is 1.81. The van der Waals surface area contributed by atoms with Crippen LogP contribution in [0.1, 0.15) is 51.0 Å². The Labute approximate surface area is 236 Å². The highest BCUT2D eigenvalue weighted by atomic mass is 79.9. The molecule has 1 saturated heterocycles. The summed E-state index contributed by atoms with van der Waals surface area (Å²) in [5.41, 5.74) is 3.93. The molecule has 1 aliphatic carbocycles. The van der Waals surface area contributed by atoms with Gasteiger partial charge in [0.2, 0.25) is 0 Å². The number of carboxylic acid groups (broad SMARTS) is 1. The number of aryl methyl sites for hydroxylation is 2. The number of aliphatic carboxylic acids is 1. The van der Waals surface area contributed by atoms with Crippen LogP contribution in [-0.2, 0) is 16.6 Å². The van der Waals surface area contributed by atoms with E-state index in [-0.39, 0.29) is 12.0 Å². The van der Waals surface area contributed by atoms with Gasteiger partial charge in [0.1, 0.15) is 11.9 Å². The van der Waals surface area contributed by atoms with E-state index in [4.69, 9.17) is 9.72 Å². The Kier molecular flexibility index (Phi) is 7.80. The molecule has 0 radical (unpaired) electrons. The van der Waals surface area contributed by atoms with Crippen molar-refractivity contribution < 1.29 is 19.4 Å². The first kappa shape index (κ1) is 27.0. The summed E-state index contributed by atoms with van der Waals surface area (Å²) in [6, 6.07) is 7.73. The van der Waals surface area contributed by atoms with Gasteiger partial charge >= 0.3 is 11.9 Å². The Morgan fingerprint density at radius 2 is 1.95 bits per heavy atom. The van der Waals surface area contributed by atoms with E-state index in [9.17, 15) is 14.7 Å². The van der Waals surface area contributed by atoms with Crippen molar-refractivity contribution in [3.05, 3.63) is 34.3 Å². The van der Waals surface area contributed by atoms with E-state index in [1.807, 2.05) is 26.1 Å². The van der Waals surface area contributed by atoms with Crippen LogP contribution in [0.5, 0.6) is 5.88 Å². The fourth-order valence-corrected chi connectivity index (χ4v) is 5.81. The number of benzene rings is 1. The Bertz CT molecular complexity index is 1480. The zero-order chi connectivity index (χ0) is 27.7. The summed E-state index contributed by atoms with van der Waals surface area (Å²) in [6.07, 6.45) is 4.56. The molecular formula is C29H32BrN5O4. The Balaban J connectivity index is 1.59. The minimum absolute atomic E-state index is 0.261. The van der Waals surface area contributed by atoms with Crippen LogP contribution in [0.15, 0.2) is 28.7 Å². The molecule has 0 bridgehead atoms. The lowest BCUT2D eigenvalue weighted by molar-refractivity contribution is -0.143. The standard InChI is InChI=1S/C29H32BrN5O4/c1-4-8-26(36)35(24-15-18(2)21(30)17-23(24)34-13-5-6-14-34)25-12-11-22-27(31-25)28(32-33(22)3)39-20-10-7-9-19(16-20)29(37)38/h11-12,15,17,19-20H,5-7,9-10,13-14,16H2,1-3H3,(H,37,38)/t19-,20-/m0/s1. The van der Waals surface area contributed by atoms with E-state index < -0.39 is 11.9 Å². The molecule has 5 rings (SSSR count). The van der Waals surface area contributed by atoms with Gasteiger partial charge in [-0.3, -0.25) is 19.2 Å². The number of ether oxygens (including phenoxy) is 1. The number of nitrogens with zero attached hydrogens (tertiary/aromatic N) is 5. The normalized spacial score (nSPS) is 19.0. The SMILES string of the molecule is CC#CC(=O)N(c1ccc2c(n1)c(O[C@H]1CCC[C@H](C(=O)O)C1)nn2C)c1cc(C)c(Br)cc1N1CCCC1. The van der Waals surface area contributed by atoms with Crippen LogP contribution in [0, 0.1) is 24.7 Å². The molecule has 2 aliphatic rings. The molecule has 1 aromatic carbocycles. The van der Waals surface area contributed by atoms with Gasteiger partial charge in [0.05, 0.1) is 22.8 Å². The molecule has 0 spiro atoms. The third kappa shape index (κ3) is 5.46. The second-order valence-corrected chi connectivity index (χ2v) is 11.1. The number of anilines is 3. The van der Waals surface area contributed by atoms with Crippen molar-refractivity contribution in [1.82, 2.24) is 14.8 Å². The third-order valence-electron chi connectivity index (χ3n) is 7.51. The van der Waals surface area contributed by atoms with E-state index in [2.05, 4.69) is 43.8 Å². The molecule has 0 unspecified atom stereocenters. The summed E-state index contributed by atoms with van der Waals surface area (Å²) >= 11 is 3.67. The van der Waals surface area contributed by atoms with Gasteiger partial charge in [-0.1, -0.05) is 21.9 Å². The maximum Gasteiger partial charge on any atom is 0.308 e. The second kappa shape index (κ2) is 11.3. The smallest absolute Gasteiger partial charge is 0.308 e. The van der Waals surface area contributed by atoms with Gasteiger partial charge in [0.25, 0.3) is 5.88 Å². The molecule has 1 saturated carbocycles. The fraction of sp³-hybridized carbons (Fsp3) is 0.448. The van der Waals surface area contributed by atoms with Crippen molar-refractivity contribution in [1.29, 1.82) is 0 Å². The maximum atomic E-state index is 13.5. The summed E-state index contributed by atoms with van der Waals surface area (Å²) in [5, 5.41) is 14.0. The lowest BCUT2D eigenvalue weighted by Crippen LogP contribution is -2.30. The zero-order valence-corrected chi connectivity index (χ0v) is 24.0. The number of carbonyl (C=O) groups is 2. The molecule has 39 heavy (non-hydrogen) atoms. The molecule has 2 aromatic heterocycles. The first-order valence-electron chi connectivity index (χ1n) is 13.3. The maximum absolute atomic E-state index is 13.5. The van der Waals surface area contributed by atoms with Crippen molar-refractivity contribution in [2.75, 3.05) is 22.9 Å². The summed E-state index contributed by atoms with van der Waals surface area (Å²) < 4.78 is 8.92. The molecule has 3 heterocycles. The van der Waals surface area contributed by atoms with Crippen LogP contribution in [0.4, 0.5) is 17.2 Å².